The van der Waals surface area contributed by atoms with Gasteiger partial charge in [-0.05, 0) is 43.9 Å². The average Bonchev–Trinajstić information content (AvgIpc) is 3.42. The number of carbonyl (C=O) groups is 1. The Balaban J connectivity index is 1.60. The van der Waals surface area contributed by atoms with E-state index in [1.807, 2.05) is 0 Å². The average molecular weight is 458 g/mol. The fourth-order valence-electron chi connectivity index (χ4n) is 4.92. The van der Waals surface area contributed by atoms with E-state index in [9.17, 15) is 22.4 Å². The number of hydrogen-bond acceptors (Lipinski definition) is 3. The maximum Gasteiger partial charge on any atom is 0.433 e. The van der Waals surface area contributed by atoms with Crippen LogP contribution in [0.25, 0.3) is 10.6 Å². The van der Waals surface area contributed by atoms with Crippen LogP contribution in [0.3, 0.4) is 0 Å². The van der Waals surface area contributed by atoms with Crippen LogP contribution in [0.15, 0.2) is 18.2 Å². The minimum absolute atomic E-state index is 0.0315. The van der Waals surface area contributed by atoms with Crippen molar-refractivity contribution in [2.75, 3.05) is 0 Å². The molecule has 4 rings (SSSR count). The van der Waals surface area contributed by atoms with Crippen LogP contribution in [0.5, 0.6) is 0 Å². The summed E-state index contributed by atoms with van der Waals surface area (Å²) in [5.74, 6) is -0.0315. The molecule has 2 aliphatic rings. The van der Waals surface area contributed by atoms with Crippen molar-refractivity contribution in [2.24, 2.45) is 0 Å². The van der Waals surface area contributed by atoms with Gasteiger partial charge < -0.3 is 4.90 Å². The van der Waals surface area contributed by atoms with Crippen molar-refractivity contribution >= 4 is 17.2 Å². The molecule has 0 aromatic carbocycles. The molecule has 0 aliphatic heterocycles. The summed E-state index contributed by atoms with van der Waals surface area (Å²) in [4.78, 5) is 16.6. The molecule has 0 bridgehead atoms. The van der Waals surface area contributed by atoms with Gasteiger partial charge in [0.2, 0.25) is 0 Å². The minimum Gasteiger partial charge on any atom is -0.332 e. The Labute approximate surface area is 183 Å². The molecule has 170 valence electrons. The van der Waals surface area contributed by atoms with Gasteiger partial charge in [0.25, 0.3) is 5.91 Å². The standard InChI is InChI=1S/C22H27F4N3OS/c23-14-28-20(22(24,25)26)13-17(27-28)18-11-12-19(31-18)21(30)29(15-7-3-1-4-8-15)16-9-5-2-6-10-16/h11-13,15-16H,1-10,14H2. The normalized spacial score (nSPS) is 19.0. The topological polar surface area (TPSA) is 38.1 Å². The highest BCUT2D eigenvalue weighted by molar-refractivity contribution is 7.17. The Morgan fingerprint density at radius 1 is 1.03 bits per heavy atom. The highest BCUT2D eigenvalue weighted by atomic mass is 32.1. The monoisotopic (exact) mass is 457 g/mol. The molecule has 0 unspecified atom stereocenters. The van der Waals surface area contributed by atoms with E-state index in [0.717, 1.165) is 68.8 Å². The van der Waals surface area contributed by atoms with Crippen LogP contribution < -0.4 is 0 Å². The van der Waals surface area contributed by atoms with Gasteiger partial charge in [-0.15, -0.1) is 11.3 Å². The summed E-state index contributed by atoms with van der Waals surface area (Å²) in [6.07, 6.45) is 6.24. The summed E-state index contributed by atoms with van der Waals surface area (Å²) in [6, 6.07) is 4.60. The summed E-state index contributed by atoms with van der Waals surface area (Å²) in [7, 11) is 0. The number of rotatable bonds is 5. The van der Waals surface area contributed by atoms with Crippen molar-refractivity contribution in [3.05, 3.63) is 28.8 Å². The molecule has 31 heavy (non-hydrogen) atoms. The van der Waals surface area contributed by atoms with E-state index in [-0.39, 0.29) is 23.7 Å². The van der Waals surface area contributed by atoms with Crippen LogP contribution in [-0.2, 0) is 13.0 Å². The van der Waals surface area contributed by atoms with Gasteiger partial charge in [-0.1, -0.05) is 38.5 Å². The van der Waals surface area contributed by atoms with Gasteiger partial charge in [-0.2, -0.15) is 18.3 Å². The molecule has 1 amide bonds. The Morgan fingerprint density at radius 3 is 2.10 bits per heavy atom. The highest BCUT2D eigenvalue weighted by Crippen LogP contribution is 2.37. The van der Waals surface area contributed by atoms with Crippen LogP contribution in [0, 0.1) is 0 Å². The van der Waals surface area contributed by atoms with E-state index >= 15 is 0 Å². The SMILES string of the molecule is O=C(c1ccc(-c2cc(C(F)(F)F)n(CF)n2)s1)N(C1CCCCC1)C1CCCCC1. The maximum absolute atomic E-state index is 13.5. The lowest BCUT2D eigenvalue weighted by molar-refractivity contribution is -0.145. The summed E-state index contributed by atoms with van der Waals surface area (Å²) in [6.45, 7) is -1.36. The third-order valence-electron chi connectivity index (χ3n) is 6.42. The first-order valence-electron chi connectivity index (χ1n) is 11.0. The number of halogens is 4. The van der Waals surface area contributed by atoms with E-state index in [2.05, 4.69) is 10.00 Å². The van der Waals surface area contributed by atoms with E-state index in [1.165, 1.54) is 12.8 Å². The molecule has 0 N–H and O–H groups in total. The molecule has 0 spiro atoms. The second-order valence-corrected chi connectivity index (χ2v) is 9.58. The smallest absolute Gasteiger partial charge is 0.332 e. The number of amides is 1. The zero-order chi connectivity index (χ0) is 22.0. The van der Waals surface area contributed by atoms with Gasteiger partial charge in [0.1, 0.15) is 11.4 Å². The molecule has 2 aromatic rings. The number of thiophene rings is 1. The second-order valence-electron chi connectivity index (χ2n) is 8.49. The van der Waals surface area contributed by atoms with Gasteiger partial charge >= 0.3 is 6.18 Å². The lowest BCUT2D eigenvalue weighted by Gasteiger charge is -2.41. The van der Waals surface area contributed by atoms with Crippen LogP contribution in [0.2, 0.25) is 0 Å². The summed E-state index contributed by atoms with van der Waals surface area (Å²) in [5, 5.41) is 3.77. The van der Waals surface area contributed by atoms with Crippen molar-refractivity contribution in [2.45, 2.75) is 89.3 Å². The van der Waals surface area contributed by atoms with Crippen molar-refractivity contribution < 1.29 is 22.4 Å². The van der Waals surface area contributed by atoms with Crippen LogP contribution in [-0.4, -0.2) is 32.7 Å². The molecule has 2 aliphatic carbocycles. The van der Waals surface area contributed by atoms with Crippen molar-refractivity contribution in [1.82, 2.24) is 14.7 Å². The van der Waals surface area contributed by atoms with E-state index in [4.69, 9.17) is 0 Å². The maximum atomic E-state index is 13.5. The van der Waals surface area contributed by atoms with Gasteiger partial charge in [0.15, 0.2) is 6.80 Å². The third kappa shape index (κ3) is 4.81. The number of aromatic nitrogens is 2. The van der Waals surface area contributed by atoms with Crippen LogP contribution >= 0.6 is 11.3 Å². The molecule has 4 nitrogen and oxygen atoms in total. The van der Waals surface area contributed by atoms with Gasteiger partial charge in [0.05, 0.1) is 9.75 Å². The summed E-state index contributed by atoms with van der Waals surface area (Å²) >= 11 is 1.14. The number of hydrogen-bond donors (Lipinski definition) is 0. The zero-order valence-electron chi connectivity index (χ0n) is 17.3. The molecule has 0 radical (unpaired) electrons. The largest absolute Gasteiger partial charge is 0.433 e. The van der Waals surface area contributed by atoms with Crippen molar-refractivity contribution in [1.29, 1.82) is 0 Å². The third-order valence-corrected chi connectivity index (χ3v) is 7.52. The van der Waals surface area contributed by atoms with E-state index < -0.39 is 18.7 Å². The lowest BCUT2D eigenvalue weighted by atomic mass is 9.88. The zero-order valence-corrected chi connectivity index (χ0v) is 18.2. The summed E-state index contributed by atoms with van der Waals surface area (Å²) < 4.78 is 52.7. The van der Waals surface area contributed by atoms with Gasteiger partial charge in [0, 0.05) is 12.1 Å². The summed E-state index contributed by atoms with van der Waals surface area (Å²) in [5.41, 5.74) is -1.09. The Bertz CT molecular complexity index is 877. The lowest BCUT2D eigenvalue weighted by Crippen LogP contribution is -2.48. The molecular weight excluding hydrogens is 430 g/mol. The molecule has 9 heteroatoms. The fourth-order valence-corrected chi connectivity index (χ4v) is 5.83. The molecule has 2 saturated carbocycles. The first-order valence-corrected chi connectivity index (χ1v) is 11.8. The Kier molecular flexibility index (Phi) is 6.69. The molecule has 2 fully saturated rings. The predicted octanol–water partition coefficient (Wildman–Crippen LogP) is 6.67. The van der Waals surface area contributed by atoms with Crippen LogP contribution in [0.4, 0.5) is 17.6 Å². The second kappa shape index (κ2) is 9.30. The highest BCUT2D eigenvalue weighted by Gasteiger charge is 2.37. The van der Waals surface area contributed by atoms with Gasteiger partial charge in [-0.3, -0.25) is 4.79 Å². The molecule has 2 aromatic heterocycles. The molecule has 0 atom stereocenters. The fraction of sp³-hybridized carbons (Fsp3) is 0.636. The first-order chi connectivity index (χ1) is 14.9. The number of nitrogens with zero attached hydrogens (tertiary/aromatic N) is 3. The molecular formula is C22H27F4N3OS. The number of carbonyl (C=O) groups excluding carboxylic acids is 1. The van der Waals surface area contributed by atoms with Crippen molar-refractivity contribution in [3.8, 4) is 10.6 Å². The number of alkyl halides is 4. The minimum atomic E-state index is -4.69. The first kappa shape index (κ1) is 22.3. The Hall–Kier alpha value is -1.90. The quantitative estimate of drug-likeness (QED) is 0.471. The van der Waals surface area contributed by atoms with Gasteiger partial charge in [-0.25, -0.2) is 9.07 Å². The van der Waals surface area contributed by atoms with E-state index in [0.29, 0.717) is 14.4 Å². The Morgan fingerprint density at radius 2 is 1.61 bits per heavy atom. The van der Waals surface area contributed by atoms with Crippen LogP contribution in [0.1, 0.15) is 79.6 Å². The molecule has 2 heterocycles. The molecule has 0 saturated heterocycles. The predicted molar refractivity (Wildman–Crippen MR) is 112 cm³/mol. The van der Waals surface area contributed by atoms with E-state index in [1.54, 1.807) is 12.1 Å². The van der Waals surface area contributed by atoms with Crippen molar-refractivity contribution in [3.63, 3.8) is 0 Å².